The molecule has 10 heteroatoms. The van der Waals surface area contributed by atoms with E-state index in [0.717, 1.165) is 15.4 Å². The van der Waals surface area contributed by atoms with Crippen LogP contribution >= 0.6 is 0 Å². The van der Waals surface area contributed by atoms with Gasteiger partial charge in [0.15, 0.2) is 11.5 Å². The number of methoxy groups -OCH3 is 2. The Kier molecular flexibility index (Phi) is 11.0. The van der Waals surface area contributed by atoms with Crippen molar-refractivity contribution < 1.29 is 27.5 Å². The summed E-state index contributed by atoms with van der Waals surface area (Å²) in [6.07, 6.45) is 0.243. The van der Waals surface area contributed by atoms with Gasteiger partial charge in [-0.1, -0.05) is 78.9 Å². The molecule has 230 valence electrons. The molecule has 0 aliphatic rings. The van der Waals surface area contributed by atoms with E-state index >= 15 is 0 Å². The smallest absolute Gasteiger partial charge is 0.264 e. The number of hydrogen-bond acceptors (Lipinski definition) is 6. The number of amides is 2. The second-order valence-corrected chi connectivity index (χ2v) is 11.8. The molecule has 1 atom stereocenters. The van der Waals surface area contributed by atoms with Gasteiger partial charge in [0, 0.05) is 25.6 Å². The highest BCUT2D eigenvalue weighted by Gasteiger charge is 2.34. The molecule has 0 heterocycles. The normalized spacial score (nSPS) is 11.7. The van der Waals surface area contributed by atoms with E-state index < -0.39 is 28.5 Å². The Hall–Kier alpha value is -4.83. The molecular weight excluding hydrogens is 578 g/mol. The van der Waals surface area contributed by atoms with Crippen LogP contribution < -0.4 is 19.1 Å². The van der Waals surface area contributed by atoms with Gasteiger partial charge in [-0.05, 0) is 42.3 Å². The largest absolute Gasteiger partial charge is 0.493 e. The lowest BCUT2D eigenvalue weighted by Gasteiger charge is -2.34. The van der Waals surface area contributed by atoms with Gasteiger partial charge in [-0.25, -0.2) is 8.42 Å². The number of nitrogens with zero attached hydrogens (tertiary/aromatic N) is 2. The first-order chi connectivity index (χ1) is 21.3. The van der Waals surface area contributed by atoms with E-state index in [-0.39, 0.29) is 29.5 Å². The maximum atomic E-state index is 14.4. The number of likely N-dealkylation sites (N-methyl/N-ethyl adjacent to an activating group) is 1. The maximum Gasteiger partial charge on any atom is 0.264 e. The summed E-state index contributed by atoms with van der Waals surface area (Å²) < 4.78 is 40.0. The van der Waals surface area contributed by atoms with Crippen LogP contribution in [0.2, 0.25) is 0 Å². The number of nitrogens with one attached hydrogen (secondary N) is 1. The Morgan fingerprint density at radius 1 is 0.773 bits per heavy atom. The summed E-state index contributed by atoms with van der Waals surface area (Å²) in [5, 5.41) is 2.86. The molecule has 0 aromatic heterocycles. The molecule has 0 aliphatic carbocycles. The monoisotopic (exact) mass is 615 g/mol. The number of ether oxygens (including phenoxy) is 2. The minimum absolute atomic E-state index is 0.0155. The van der Waals surface area contributed by atoms with E-state index in [0.29, 0.717) is 18.0 Å². The summed E-state index contributed by atoms with van der Waals surface area (Å²) in [4.78, 5) is 29.4. The van der Waals surface area contributed by atoms with Gasteiger partial charge in [0.05, 0.1) is 24.8 Å². The number of carbonyl (C=O) groups is 2. The van der Waals surface area contributed by atoms with Crippen LogP contribution in [0.3, 0.4) is 0 Å². The maximum absolute atomic E-state index is 14.4. The summed E-state index contributed by atoms with van der Waals surface area (Å²) >= 11 is 0. The van der Waals surface area contributed by atoms with E-state index in [9.17, 15) is 18.0 Å². The Morgan fingerprint density at radius 2 is 1.34 bits per heavy atom. The van der Waals surface area contributed by atoms with Crippen molar-refractivity contribution in [1.82, 2.24) is 10.2 Å². The van der Waals surface area contributed by atoms with E-state index in [4.69, 9.17) is 9.47 Å². The zero-order chi connectivity index (χ0) is 31.5. The molecule has 1 N–H and O–H groups in total. The number of sulfonamides is 1. The van der Waals surface area contributed by atoms with Crippen molar-refractivity contribution in [2.45, 2.75) is 30.8 Å². The number of rotatable bonds is 14. The van der Waals surface area contributed by atoms with Gasteiger partial charge in [0.25, 0.3) is 10.0 Å². The average molecular weight is 616 g/mol. The minimum Gasteiger partial charge on any atom is -0.493 e. The molecule has 0 aliphatic heterocycles. The standard InChI is InChI=1S/C34H37N3O6S/c1-4-35-34(39)30(22-26-14-8-5-9-15-26)36(24-27-16-10-6-11-17-27)33(38)25-37(44(40,41)29-18-12-7-13-19-29)28-20-21-31(42-2)32(23-28)43-3/h5-21,23,30H,4,22,24-25H2,1-3H3,(H,35,39)/t30-/m1/s1. The highest BCUT2D eigenvalue weighted by atomic mass is 32.2. The lowest BCUT2D eigenvalue weighted by Crippen LogP contribution is -2.53. The highest BCUT2D eigenvalue weighted by Crippen LogP contribution is 2.34. The SMILES string of the molecule is CCNC(=O)[C@@H](Cc1ccccc1)N(Cc1ccccc1)C(=O)CN(c1ccc(OC)c(OC)c1)S(=O)(=O)c1ccccc1. The third-order valence-corrected chi connectivity index (χ3v) is 8.87. The van der Waals surface area contributed by atoms with E-state index in [1.54, 1.807) is 30.3 Å². The molecular formula is C34H37N3O6S. The fourth-order valence-corrected chi connectivity index (χ4v) is 6.28. The van der Waals surface area contributed by atoms with Crippen molar-refractivity contribution in [2.24, 2.45) is 0 Å². The summed E-state index contributed by atoms with van der Waals surface area (Å²) in [7, 11) is -1.30. The zero-order valence-electron chi connectivity index (χ0n) is 25.1. The molecule has 2 amide bonds. The van der Waals surface area contributed by atoms with Gasteiger partial charge in [-0.3, -0.25) is 13.9 Å². The summed E-state index contributed by atoms with van der Waals surface area (Å²) in [5.41, 5.74) is 1.87. The van der Waals surface area contributed by atoms with E-state index in [1.807, 2.05) is 67.6 Å². The van der Waals surface area contributed by atoms with Crippen LogP contribution in [0.4, 0.5) is 5.69 Å². The van der Waals surface area contributed by atoms with Crippen LogP contribution in [0.1, 0.15) is 18.1 Å². The third-order valence-electron chi connectivity index (χ3n) is 7.08. The van der Waals surface area contributed by atoms with Crippen molar-refractivity contribution >= 4 is 27.5 Å². The van der Waals surface area contributed by atoms with Crippen LogP contribution in [0.15, 0.2) is 114 Å². The fourth-order valence-electron chi connectivity index (χ4n) is 4.85. The van der Waals surface area contributed by atoms with Crippen LogP contribution in [0.5, 0.6) is 11.5 Å². The summed E-state index contributed by atoms with van der Waals surface area (Å²) in [6, 6.07) is 30.4. The first-order valence-electron chi connectivity index (χ1n) is 14.2. The molecule has 4 aromatic rings. The van der Waals surface area contributed by atoms with Crippen LogP contribution in [0, 0.1) is 0 Å². The first-order valence-corrected chi connectivity index (χ1v) is 15.7. The van der Waals surface area contributed by atoms with Gasteiger partial charge < -0.3 is 19.7 Å². The number of anilines is 1. The number of benzene rings is 4. The van der Waals surface area contributed by atoms with E-state index in [2.05, 4.69) is 5.32 Å². The number of hydrogen-bond donors (Lipinski definition) is 1. The Balaban J connectivity index is 1.81. The molecule has 0 unspecified atom stereocenters. The molecule has 0 saturated heterocycles. The summed E-state index contributed by atoms with van der Waals surface area (Å²) in [5.74, 6) is -0.167. The van der Waals surface area contributed by atoms with Gasteiger partial charge in [0.1, 0.15) is 12.6 Å². The predicted octanol–water partition coefficient (Wildman–Crippen LogP) is 4.68. The second kappa shape index (κ2) is 15.1. The summed E-state index contributed by atoms with van der Waals surface area (Å²) in [6.45, 7) is 1.72. The predicted molar refractivity (Wildman–Crippen MR) is 170 cm³/mol. The van der Waals surface area contributed by atoms with Crippen LogP contribution in [0.25, 0.3) is 0 Å². The van der Waals surface area contributed by atoms with Gasteiger partial charge in [-0.15, -0.1) is 0 Å². The van der Waals surface area contributed by atoms with Crippen molar-refractivity contribution in [3.8, 4) is 11.5 Å². The highest BCUT2D eigenvalue weighted by molar-refractivity contribution is 7.92. The fraction of sp³-hybridized carbons (Fsp3) is 0.235. The molecule has 0 radical (unpaired) electrons. The Morgan fingerprint density at radius 3 is 1.91 bits per heavy atom. The molecule has 4 aromatic carbocycles. The van der Waals surface area contributed by atoms with Gasteiger partial charge in [-0.2, -0.15) is 0 Å². The number of carbonyl (C=O) groups excluding carboxylic acids is 2. The Labute approximate surface area is 259 Å². The molecule has 0 bridgehead atoms. The van der Waals surface area contributed by atoms with Crippen molar-refractivity contribution in [2.75, 3.05) is 31.6 Å². The topological polar surface area (TPSA) is 105 Å². The van der Waals surface area contributed by atoms with Crippen LogP contribution in [-0.2, 0) is 32.6 Å². The van der Waals surface area contributed by atoms with Gasteiger partial charge >= 0.3 is 0 Å². The van der Waals surface area contributed by atoms with E-state index in [1.165, 1.54) is 37.3 Å². The quantitative estimate of drug-likeness (QED) is 0.221. The lowest BCUT2D eigenvalue weighted by atomic mass is 10.0. The van der Waals surface area contributed by atoms with Gasteiger partial charge in [0.2, 0.25) is 11.8 Å². The van der Waals surface area contributed by atoms with Crippen molar-refractivity contribution in [3.05, 3.63) is 120 Å². The molecule has 0 spiro atoms. The molecule has 4 rings (SSSR count). The first kappa shape index (κ1) is 32.1. The average Bonchev–Trinajstić information content (AvgIpc) is 3.06. The third kappa shape index (κ3) is 7.76. The molecule has 0 saturated carbocycles. The molecule has 9 nitrogen and oxygen atoms in total. The lowest BCUT2D eigenvalue weighted by molar-refractivity contribution is -0.140. The van der Waals surface area contributed by atoms with Crippen molar-refractivity contribution in [1.29, 1.82) is 0 Å². The second-order valence-electron chi connectivity index (χ2n) is 9.97. The van der Waals surface area contributed by atoms with Crippen molar-refractivity contribution in [3.63, 3.8) is 0 Å². The molecule has 0 fully saturated rings. The Bertz CT molecular complexity index is 1630. The zero-order valence-corrected chi connectivity index (χ0v) is 25.9. The van der Waals surface area contributed by atoms with Crippen LogP contribution in [-0.4, -0.2) is 58.5 Å². The molecule has 44 heavy (non-hydrogen) atoms. The minimum atomic E-state index is -4.23.